The van der Waals surface area contributed by atoms with Crippen LogP contribution in [0.4, 0.5) is 0 Å². The van der Waals surface area contributed by atoms with Crippen molar-refractivity contribution in [3.63, 3.8) is 0 Å². The highest BCUT2D eigenvalue weighted by molar-refractivity contribution is 6.53. The van der Waals surface area contributed by atoms with Crippen LogP contribution in [0, 0.1) is 11.3 Å². The molecule has 1 aliphatic rings. The maximum atomic E-state index is 9.27. The number of hydrogen-bond acceptors (Lipinski definition) is 3. The first-order valence-electron chi connectivity index (χ1n) is 6.39. The summed E-state index contributed by atoms with van der Waals surface area (Å²) in [4.78, 5) is 0. The smallest absolute Gasteiger partial charge is 0.400 e. The predicted molar refractivity (Wildman–Crippen MR) is 76.1 cm³/mol. The lowest BCUT2D eigenvalue weighted by atomic mass is 9.85. The summed E-state index contributed by atoms with van der Waals surface area (Å²) in [5, 5.41) is 9.27. The molecule has 0 aromatic heterocycles. The van der Waals surface area contributed by atoms with Crippen LogP contribution in [0.25, 0.3) is 5.57 Å². The zero-order valence-corrected chi connectivity index (χ0v) is 11.8. The molecule has 0 saturated carbocycles. The van der Waals surface area contributed by atoms with E-state index >= 15 is 0 Å². The van der Waals surface area contributed by atoms with Gasteiger partial charge in [-0.25, -0.2) is 0 Å². The summed E-state index contributed by atoms with van der Waals surface area (Å²) in [5.74, 6) is 1.74. The Morgan fingerprint density at radius 2 is 1.63 bits per heavy atom. The first-order chi connectivity index (χ1) is 8.86. The Hall–Kier alpha value is -1.57. The highest BCUT2D eigenvalue weighted by Gasteiger charge is 2.50. The molecule has 0 spiro atoms. The van der Waals surface area contributed by atoms with Gasteiger partial charge in [0.05, 0.1) is 22.8 Å². The van der Waals surface area contributed by atoms with Crippen molar-refractivity contribution < 1.29 is 9.31 Å². The molecule has 0 atom stereocenters. The second kappa shape index (κ2) is 4.84. The summed E-state index contributed by atoms with van der Waals surface area (Å²) in [7, 11) is -0.486. The zero-order chi connectivity index (χ0) is 14.1. The number of allylic oxidation sites excluding steroid dienone is 1. The van der Waals surface area contributed by atoms with Crippen molar-refractivity contribution in [1.82, 2.24) is 0 Å². The zero-order valence-electron chi connectivity index (χ0n) is 11.8. The highest BCUT2D eigenvalue weighted by atomic mass is 16.7. The maximum absolute atomic E-state index is 9.27. The van der Waals surface area contributed by atoms with E-state index in [1.807, 2.05) is 58.0 Å². The van der Waals surface area contributed by atoms with Crippen LogP contribution in [0.2, 0.25) is 0 Å². The molecule has 0 N–H and O–H groups in total. The van der Waals surface area contributed by atoms with Crippen LogP contribution in [-0.2, 0) is 9.31 Å². The molecule has 0 radical (unpaired) electrons. The Bertz CT molecular complexity index is 513. The molecule has 0 amide bonds. The van der Waals surface area contributed by atoms with Crippen LogP contribution in [0.15, 0.2) is 36.3 Å². The lowest BCUT2D eigenvalue weighted by Gasteiger charge is -2.32. The third-order valence-corrected chi connectivity index (χ3v) is 3.78. The minimum absolute atomic E-state index is 0.384. The van der Waals surface area contributed by atoms with Crippen molar-refractivity contribution in [3.8, 4) is 6.07 Å². The Morgan fingerprint density at radius 1 is 1.11 bits per heavy atom. The lowest BCUT2D eigenvalue weighted by molar-refractivity contribution is 0.00578. The Kier molecular flexibility index (Phi) is 3.53. The van der Waals surface area contributed by atoms with Crippen LogP contribution in [0.1, 0.15) is 33.3 Å². The van der Waals surface area contributed by atoms with Gasteiger partial charge in [-0.15, -0.1) is 0 Å². The molecule has 1 saturated heterocycles. The Labute approximate surface area is 115 Å². The van der Waals surface area contributed by atoms with Crippen molar-refractivity contribution in [2.45, 2.75) is 38.9 Å². The maximum Gasteiger partial charge on any atom is 0.488 e. The van der Waals surface area contributed by atoms with Crippen LogP contribution in [0.5, 0.6) is 0 Å². The molecule has 1 aromatic rings. The van der Waals surface area contributed by atoms with Crippen LogP contribution in [-0.4, -0.2) is 18.3 Å². The van der Waals surface area contributed by atoms with Gasteiger partial charge < -0.3 is 9.31 Å². The van der Waals surface area contributed by atoms with E-state index in [1.165, 1.54) is 0 Å². The van der Waals surface area contributed by atoms with Crippen molar-refractivity contribution in [3.05, 3.63) is 41.9 Å². The number of rotatable bonds is 2. The molecule has 0 bridgehead atoms. The van der Waals surface area contributed by atoms with Crippen molar-refractivity contribution in [1.29, 1.82) is 5.26 Å². The first-order valence-corrected chi connectivity index (χ1v) is 6.39. The fourth-order valence-electron chi connectivity index (χ4n) is 1.91. The van der Waals surface area contributed by atoms with Gasteiger partial charge in [0, 0.05) is 0 Å². The third-order valence-electron chi connectivity index (χ3n) is 3.78. The summed E-state index contributed by atoms with van der Waals surface area (Å²) in [6.07, 6.45) is 0. The minimum atomic E-state index is -0.486. The van der Waals surface area contributed by atoms with Gasteiger partial charge in [0.2, 0.25) is 0 Å². The summed E-state index contributed by atoms with van der Waals surface area (Å²) >= 11 is 0. The van der Waals surface area contributed by atoms with E-state index in [2.05, 4.69) is 6.07 Å². The van der Waals surface area contributed by atoms with Gasteiger partial charge in [-0.1, -0.05) is 30.3 Å². The SMILES string of the molecule is CC1(C)OB(/C=C(/C#N)c2ccccc2)OC1(C)C. The van der Waals surface area contributed by atoms with Gasteiger partial charge in [-0.05, 0) is 39.2 Å². The predicted octanol–water partition coefficient (Wildman–Crippen LogP) is 3.22. The molecule has 1 aromatic carbocycles. The van der Waals surface area contributed by atoms with Gasteiger partial charge in [0.1, 0.15) is 0 Å². The van der Waals surface area contributed by atoms with E-state index in [9.17, 15) is 5.26 Å². The van der Waals surface area contributed by atoms with Crippen LogP contribution in [0.3, 0.4) is 0 Å². The van der Waals surface area contributed by atoms with Crippen molar-refractivity contribution in [2.24, 2.45) is 0 Å². The van der Waals surface area contributed by atoms with Crippen molar-refractivity contribution in [2.75, 3.05) is 0 Å². The molecule has 19 heavy (non-hydrogen) atoms. The quantitative estimate of drug-likeness (QED) is 0.601. The number of hydrogen-bond donors (Lipinski definition) is 0. The number of nitrogens with zero attached hydrogens (tertiary/aromatic N) is 1. The van der Waals surface area contributed by atoms with Crippen LogP contribution >= 0.6 is 0 Å². The van der Waals surface area contributed by atoms with E-state index in [1.54, 1.807) is 5.98 Å². The van der Waals surface area contributed by atoms with E-state index in [0.717, 1.165) is 5.56 Å². The molecule has 0 unspecified atom stereocenters. The second-order valence-electron chi connectivity index (χ2n) is 5.68. The molecule has 1 fully saturated rings. The molecule has 98 valence electrons. The summed E-state index contributed by atoms with van der Waals surface area (Å²) in [6, 6.07) is 11.7. The normalized spacial score (nSPS) is 21.2. The Balaban J connectivity index is 2.25. The van der Waals surface area contributed by atoms with E-state index in [0.29, 0.717) is 5.57 Å². The highest BCUT2D eigenvalue weighted by Crippen LogP contribution is 2.37. The standard InChI is InChI=1S/C15H18BNO2/c1-14(2)15(3,4)19-16(18-14)10-13(11-17)12-8-6-5-7-9-12/h5-10H,1-4H3/b13-10-. The third kappa shape index (κ3) is 2.73. The molecule has 0 aliphatic carbocycles. The average molecular weight is 255 g/mol. The van der Waals surface area contributed by atoms with Gasteiger partial charge >= 0.3 is 7.12 Å². The molecule has 4 heteroatoms. The molecule has 3 nitrogen and oxygen atoms in total. The Morgan fingerprint density at radius 3 is 2.11 bits per heavy atom. The van der Waals surface area contributed by atoms with E-state index in [4.69, 9.17) is 9.31 Å². The van der Waals surface area contributed by atoms with Gasteiger partial charge in [0.25, 0.3) is 0 Å². The number of nitriles is 1. The summed E-state index contributed by atoms with van der Waals surface area (Å²) < 4.78 is 11.7. The van der Waals surface area contributed by atoms with Crippen LogP contribution < -0.4 is 0 Å². The summed E-state index contributed by atoms with van der Waals surface area (Å²) in [5.41, 5.74) is 0.676. The average Bonchev–Trinajstić information content (AvgIpc) is 2.56. The van der Waals surface area contributed by atoms with Gasteiger partial charge in [-0.3, -0.25) is 0 Å². The fraction of sp³-hybridized carbons (Fsp3) is 0.400. The fourth-order valence-corrected chi connectivity index (χ4v) is 1.91. The van der Waals surface area contributed by atoms with E-state index < -0.39 is 7.12 Å². The molecular formula is C15H18BNO2. The topological polar surface area (TPSA) is 42.2 Å². The van der Waals surface area contributed by atoms with E-state index in [-0.39, 0.29) is 11.2 Å². The minimum Gasteiger partial charge on any atom is -0.400 e. The monoisotopic (exact) mass is 255 g/mol. The molecule has 1 aliphatic heterocycles. The largest absolute Gasteiger partial charge is 0.488 e. The van der Waals surface area contributed by atoms with Crippen molar-refractivity contribution >= 4 is 12.7 Å². The summed E-state index contributed by atoms with van der Waals surface area (Å²) in [6.45, 7) is 7.98. The van der Waals surface area contributed by atoms with Gasteiger partial charge in [0.15, 0.2) is 0 Å². The van der Waals surface area contributed by atoms with Gasteiger partial charge in [-0.2, -0.15) is 5.26 Å². The molecule has 2 rings (SSSR count). The number of benzene rings is 1. The molecule has 1 heterocycles. The first kappa shape index (κ1) is 13.9. The molecular weight excluding hydrogens is 237 g/mol. The lowest BCUT2D eigenvalue weighted by Crippen LogP contribution is -2.41. The second-order valence-corrected chi connectivity index (χ2v) is 5.68.